The lowest BCUT2D eigenvalue weighted by atomic mass is 9.69. The largest absolute Gasteiger partial charge is 0.497 e. The Labute approximate surface area is 112 Å². The molecule has 1 N–H and O–H groups in total. The van der Waals surface area contributed by atoms with E-state index in [0.717, 1.165) is 42.1 Å². The number of imidazole rings is 1. The highest BCUT2D eigenvalue weighted by atomic mass is 16.5. The number of ether oxygens (including phenoxy) is 1. The number of aromatic nitrogens is 2. The van der Waals surface area contributed by atoms with Gasteiger partial charge in [0.2, 0.25) is 0 Å². The molecule has 96 valence electrons. The third kappa shape index (κ3) is 1.88. The van der Waals surface area contributed by atoms with Crippen molar-refractivity contribution in [2.45, 2.75) is 24.7 Å². The molecule has 2 aromatic rings. The minimum Gasteiger partial charge on any atom is -0.497 e. The van der Waals surface area contributed by atoms with E-state index in [4.69, 9.17) is 4.74 Å². The van der Waals surface area contributed by atoms with Gasteiger partial charge in [-0.25, -0.2) is 4.98 Å². The number of aromatic amines is 1. The first-order valence-corrected chi connectivity index (χ1v) is 6.38. The predicted octanol–water partition coefficient (Wildman–Crippen LogP) is 3.03. The van der Waals surface area contributed by atoms with Gasteiger partial charge >= 0.3 is 0 Å². The van der Waals surface area contributed by atoms with Crippen LogP contribution in [0.25, 0.3) is 11.3 Å². The summed E-state index contributed by atoms with van der Waals surface area (Å²) in [5, 5.41) is 9.32. The van der Waals surface area contributed by atoms with E-state index >= 15 is 0 Å². The summed E-state index contributed by atoms with van der Waals surface area (Å²) in [6.45, 7) is 0. The van der Waals surface area contributed by atoms with Crippen LogP contribution in [0.5, 0.6) is 5.75 Å². The maximum atomic E-state index is 9.32. The molecule has 3 rings (SSSR count). The molecule has 1 aromatic carbocycles. The third-order valence-corrected chi connectivity index (χ3v) is 3.83. The molecule has 1 saturated carbocycles. The van der Waals surface area contributed by atoms with Crippen molar-refractivity contribution < 1.29 is 4.74 Å². The van der Waals surface area contributed by atoms with Crippen molar-refractivity contribution in [1.29, 1.82) is 5.26 Å². The Balaban J connectivity index is 1.95. The zero-order valence-electron chi connectivity index (χ0n) is 10.8. The topological polar surface area (TPSA) is 61.7 Å². The summed E-state index contributed by atoms with van der Waals surface area (Å²) in [6.07, 6.45) is 4.69. The molecule has 0 bridgehead atoms. The van der Waals surface area contributed by atoms with Gasteiger partial charge in [-0.3, -0.25) is 0 Å². The van der Waals surface area contributed by atoms with Crippen molar-refractivity contribution in [1.82, 2.24) is 9.97 Å². The van der Waals surface area contributed by atoms with Crippen LogP contribution in [0, 0.1) is 11.3 Å². The van der Waals surface area contributed by atoms with Crippen LogP contribution in [0.3, 0.4) is 0 Å². The maximum Gasteiger partial charge on any atom is 0.127 e. The molecule has 1 heterocycles. The van der Waals surface area contributed by atoms with Gasteiger partial charge in [0.1, 0.15) is 17.0 Å². The highest BCUT2D eigenvalue weighted by Gasteiger charge is 2.41. The second-order valence-electron chi connectivity index (χ2n) is 4.92. The second-order valence-corrected chi connectivity index (χ2v) is 4.92. The SMILES string of the molecule is COc1cccc(-c2cnc(C3(C#N)CCC3)[nH]2)c1. The lowest BCUT2D eigenvalue weighted by Gasteiger charge is -2.32. The fourth-order valence-electron chi connectivity index (χ4n) is 2.43. The quantitative estimate of drug-likeness (QED) is 0.914. The molecule has 1 fully saturated rings. The average molecular weight is 253 g/mol. The van der Waals surface area contributed by atoms with Gasteiger partial charge < -0.3 is 9.72 Å². The minimum absolute atomic E-state index is 0.392. The number of hydrogen-bond donors (Lipinski definition) is 1. The van der Waals surface area contributed by atoms with Gasteiger partial charge in [0.25, 0.3) is 0 Å². The second kappa shape index (κ2) is 4.43. The van der Waals surface area contributed by atoms with Crippen LogP contribution in [-0.2, 0) is 5.41 Å². The van der Waals surface area contributed by atoms with Gasteiger partial charge in [-0.15, -0.1) is 0 Å². The first-order valence-electron chi connectivity index (χ1n) is 6.38. The van der Waals surface area contributed by atoms with E-state index in [9.17, 15) is 5.26 Å². The monoisotopic (exact) mass is 253 g/mol. The number of methoxy groups -OCH3 is 1. The van der Waals surface area contributed by atoms with Gasteiger partial charge in [0.05, 0.1) is 25.1 Å². The molecule has 0 aliphatic heterocycles. The Morgan fingerprint density at radius 3 is 2.89 bits per heavy atom. The van der Waals surface area contributed by atoms with Gasteiger partial charge in [-0.1, -0.05) is 12.1 Å². The van der Waals surface area contributed by atoms with Crippen molar-refractivity contribution >= 4 is 0 Å². The Morgan fingerprint density at radius 2 is 2.26 bits per heavy atom. The molecular formula is C15H15N3O. The van der Waals surface area contributed by atoms with E-state index in [-0.39, 0.29) is 0 Å². The Morgan fingerprint density at radius 1 is 1.42 bits per heavy atom. The molecule has 0 unspecified atom stereocenters. The smallest absolute Gasteiger partial charge is 0.127 e. The van der Waals surface area contributed by atoms with E-state index in [0.29, 0.717) is 0 Å². The molecule has 0 spiro atoms. The van der Waals surface area contributed by atoms with Crippen LogP contribution in [0.15, 0.2) is 30.5 Å². The molecule has 0 amide bonds. The Kier molecular flexibility index (Phi) is 2.75. The summed E-state index contributed by atoms with van der Waals surface area (Å²) in [6, 6.07) is 10.2. The molecule has 1 aliphatic rings. The number of nitrogens with one attached hydrogen (secondary N) is 1. The van der Waals surface area contributed by atoms with E-state index < -0.39 is 5.41 Å². The maximum absolute atomic E-state index is 9.32. The number of nitrogens with zero attached hydrogens (tertiary/aromatic N) is 2. The van der Waals surface area contributed by atoms with Crippen LogP contribution < -0.4 is 4.74 Å². The van der Waals surface area contributed by atoms with Crippen LogP contribution in [0.4, 0.5) is 0 Å². The molecule has 0 atom stereocenters. The summed E-state index contributed by atoms with van der Waals surface area (Å²) in [5.74, 6) is 1.60. The summed E-state index contributed by atoms with van der Waals surface area (Å²) >= 11 is 0. The highest BCUT2D eigenvalue weighted by Crippen LogP contribution is 2.42. The summed E-state index contributed by atoms with van der Waals surface area (Å²) in [4.78, 5) is 7.68. The van der Waals surface area contributed by atoms with Crippen molar-refractivity contribution in [3.63, 3.8) is 0 Å². The Bertz CT molecular complexity index is 635. The van der Waals surface area contributed by atoms with Gasteiger partial charge in [-0.05, 0) is 31.4 Å². The summed E-state index contributed by atoms with van der Waals surface area (Å²) in [5.41, 5.74) is 1.55. The number of rotatable bonds is 3. The van der Waals surface area contributed by atoms with E-state index in [1.807, 2.05) is 24.3 Å². The fourth-order valence-corrected chi connectivity index (χ4v) is 2.43. The summed E-state index contributed by atoms with van der Waals surface area (Å²) in [7, 11) is 1.65. The third-order valence-electron chi connectivity index (χ3n) is 3.83. The Hall–Kier alpha value is -2.28. The van der Waals surface area contributed by atoms with Gasteiger partial charge in [0, 0.05) is 5.56 Å². The number of hydrogen-bond acceptors (Lipinski definition) is 3. The minimum atomic E-state index is -0.392. The molecule has 1 aromatic heterocycles. The lowest BCUT2D eigenvalue weighted by molar-refractivity contribution is 0.309. The fraction of sp³-hybridized carbons (Fsp3) is 0.333. The highest BCUT2D eigenvalue weighted by molar-refractivity contribution is 5.61. The normalized spacial score (nSPS) is 16.4. The molecule has 0 radical (unpaired) electrons. The standard InChI is InChI=1S/C15H15N3O/c1-19-12-5-2-4-11(8-12)13-9-17-14(18-13)15(10-16)6-3-7-15/h2,4-5,8-9H,3,6-7H2,1H3,(H,17,18). The van der Waals surface area contributed by atoms with Gasteiger partial charge in [0.15, 0.2) is 0 Å². The average Bonchev–Trinajstić information content (AvgIpc) is 2.88. The molecule has 4 heteroatoms. The number of benzene rings is 1. The summed E-state index contributed by atoms with van der Waals surface area (Å²) < 4.78 is 5.22. The van der Waals surface area contributed by atoms with Gasteiger partial charge in [-0.2, -0.15) is 5.26 Å². The van der Waals surface area contributed by atoms with E-state index in [1.54, 1.807) is 13.3 Å². The molecular weight excluding hydrogens is 238 g/mol. The van der Waals surface area contributed by atoms with E-state index in [2.05, 4.69) is 16.0 Å². The van der Waals surface area contributed by atoms with Crippen LogP contribution in [0.2, 0.25) is 0 Å². The number of nitriles is 1. The van der Waals surface area contributed by atoms with Crippen LogP contribution in [-0.4, -0.2) is 17.1 Å². The van der Waals surface area contributed by atoms with Crippen LogP contribution >= 0.6 is 0 Å². The zero-order chi connectivity index (χ0) is 13.3. The predicted molar refractivity (Wildman–Crippen MR) is 71.7 cm³/mol. The van der Waals surface area contributed by atoms with Crippen molar-refractivity contribution in [3.05, 3.63) is 36.3 Å². The molecule has 0 saturated heterocycles. The first-order chi connectivity index (χ1) is 9.27. The van der Waals surface area contributed by atoms with Crippen molar-refractivity contribution in [2.75, 3.05) is 7.11 Å². The molecule has 1 aliphatic carbocycles. The molecule has 4 nitrogen and oxygen atoms in total. The van der Waals surface area contributed by atoms with E-state index in [1.165, 1.54) is 0 Å². The first kappa shape index (κ1) is 11.8. The lowest BCUT2D eigenvalue weighted by Crippen LogP contribution is -2.33. The number of H-pyrrole nitrogens is 1. The van der Waals surface area contributed by atoms with Crippen LogP contribution in [0.1, 0.15) is 25.1 Å². The van der Waals surface area contributed by atoms with Crippen molar-refractivity contribution in [2.24, 2.45) is 0 Å². The zero-order valence-corrected chi connectivity index (χ0v) is 10.8. The molecule has 19 heavy (non-hydrogen) atoms. The van der Waals surface area contributed by atoms with Crippen molar-refractivity contribution in [3.8, 4) is 23.1 Å².